The number of likely N-dealkylation sites (tertiary alicyclic amines) is 1. The first-order valence-electron chi connectivity index (χ1n) is 7.48. The number of hydrogen-bond acceptors (Lipinski definition) is 2. The number of amides is 1. The molecule has 1 fully saturated rings. The van der Waals surface area contributed by atoms with Gasteiger partial charge in [0.25, 0.3) is 0 Å². The van der Waals surface area contributed by atoms with Crippen LogP contribution in [0.1, 0.15) is 24.9 Å². The van der Waals surface area contributed by atoms with E-state index in [1.54, 1.807) is 0 Å². The minimum absolute atomic E-state index is 0.0788. The molecule has 3 N–H and O–H groups in total. The lowest BCUT2D eigenvalue weighted by atomic mass is 9.94. The molecule has 118 valence electrons. The second-order valence-electron chi connectivity index (χ2n) is 5.86. The molecule has 2 rings (SSSR count). The summed E-state index contributed by atoms with van der Waals surface area (Å²) >= 11 is 0. The molecule has 1 aliphatic rings. The van der Waals surface area contributed by atoms with Crippen LogP contribution in [0.15, 0.2) is 47.5 Å². The minimum Gasteiger partial charge on any atom is -0.370 e. The number of carbonyl (C=O) groups excluding carboxylic acids is 1. The van der Waals surface area contributed by atoms with E-state index in [0.29, 0.717) is 25.5 Å². The van der Waals surface area contributed by atoms with Crippen molar-refractivity contribution in [2.24, 2.45) is 16.6 Å². The summed E-state index contributed by atoms with van der Waals surface area (Å²) in [5.74, 6) is 0.744. The molecule has 0 spiro atoms. The maximum Gasteiger partial charge on any atom is 0.223 e. The van der Waals surface area contributed by atoms with Gasteiger partial charge in [-0.2, -0.15) is 0 Å². The summed E-state index contributed by atoms with van der Waals surface area (Å²) in [7, 11) is 1.86. The van der Waals surface area contributed by atoms with Crippen molar-refractivity contribution in [1.82, 2.24) is 10.2 Å². The highest BCUT2D eigenvalue weighted by Crippen LogP contribution is 2.36. The summed E-state index contributed by atoms with van der Waals surface area (Å²) in [6, 6.07) is 10.2. The number of nitrogens with two attached hydrogens (primary N) is 1. The summed E-state index contributed by atoms with van der Waals surface area (Å²) in [5.41, 5.74) is 7.97. The third kappa shape index (κ3) is 3.87. The van der Waals surface area contributed by atoms with Crippen LogP contribution >= 0.6 is 0 Å². The van der Waals surface area contributed by atoms with Crippen LogP contribution in [-0.4, -0.2) is 36.9 Å². The smallest absolute Gasteiger partial charge is 0.223 e. The summed E-state index contributed by atoms with van der Waals surface area (Å²) < 4.78 is 0. The van der Waals surface area contributed by atoms with Gasteiger partial charge in [-0.05, 0) is 12.5 Å². The van der Waals surface area contributed by atoms with Crippen LogP contribution in [0.25, 0.3) is 0 Å². The van der Waals surface area contributed by atoms with Gasteiger partial charge in [0.1, 0.15) is 0 Å². The zero-order chi connectivity index (χ0) is 16.1. The van der Waals surface area contributed by atoms with E-state index in [1.807, 2.05) is 37.1 Å². The molecule has 0 aromatic heterocycles. The fraction of sp³-hybridized carbons (Fsp3) is 0.412. The Morgan fingerprint density at radius 2 is 2.14 bits per heavy atom. The summed E-state index contributed by atoms with van der Waals surface area (Å²) in [4.78, 5) is 18.1. The van der Waals surface area contributed by atoms with Crippen molar-refractivity contribution in [3.05, 3.63) is 48.0 Å². The van der Waals surface area contributed by atoms with Gasteiger partial charge in [-0.1, -0.05) is 42.5 Å². The van der Waals surface area contributed by atoms with Crippen LogP contribution in [0.3, 0.4) is 0 Å². The van der Waals surface area contributed by atoms with E-state index in [9.17, 15) is 4.79 Å². The maximum absolute atomic E-state index is 12.1. The fourth-order valence-electron chi connectivity index (χ4n) is 2.79. The Balaban J connectivity index is 2.04. The summed E-state index contributed by atoms with van der Waals surface area (Å²) in [6.07, 6.45) is 0.525. The highest BCUT2D eigenvalue weighted by Gasteiger charge is 2.38. The predicted octanol–water partition coefficient (Wildman–Crippen LogP) is 1.69. The topological polar surface area (TPSA) is 70.7 Å². The van der Waals surface area contributed by atoms with E-state index in [2.05, 4.69) is 29.0 Å². The lowest BCUT2D eigenvalue weighted by Crippen LogP contribution is -2.37. The van der Waals surface area contributed by atoms with E-state index in [4.69, 9.17) is 5.73 Å². The molecule has 1 saturated heterocycles. The van der Waals surface area contributed by atoms with Crippen molar-refractivity contribution >= 4 is 11.9 Å². The van der Waals surface area contributed by atoms with Gasteiger partial charge in [0.15, 0.2) is 5.96 Å². The standard InChI is InChI=1S/C17H24N4O/c1-12(2)10-19-17(18)20-11-14-9-15(22)21(3)16(14)13-7-5-4-6-8-13/h4-8,14,16H,1,9-11H2,2-3H3,(H3,18,19,20)/t14-,16-/m0/s1. The van der Waals surface area contributed by atoms with Crippen molar-refractivity contribution in [3.8, 4) is 0 Å². The van der Waals surface area contributed by atoms with Crippen LogP contribution < -0.4 is 11.1 Å². The zero-order valence-electron chi connectivity index (χ0n) is 13.2. The number of carbonyl (C=O) groups is 1. The average Bonchev–Trinajstić information content (AvgIpc) is 2.79. The minimum atomic E-state index is 0.0788. The molecule has 1 amide bonds. The van der Waals surface area contributed by atoms with Gasteiger partial charge in [0, 0.05) is 25.9 Å². The maximum atomic E-state index is 12.1. The van der Waals surface area contributed by atoms with Crippen LogP contribution in [0.4, 0.5) is 0 Å². The fourth-order valence-corrected chi connectivity index (χ4v) is 2.79. The van der Waals surface area contributed by atoms with Crippen molar-refractivity contribution in [2.45, 2.75) is 19.4 Å². The van der Waals surface area contributed by atoms with Crippen LogP contribution in [0.2, 0.25) is 0 Å². The van der Waals surface area contributed by atoms with Gasteiger partial charge in [-0.15, -0.1) is 0 Å². The van der Waals surface area contributed by atoms with Crippen molar-refractivity contribution in [3.63, 3.8) is 0 Å². The Labute approximate surface area is 131 Å². The van der Waals surface area contributed by atoms with E-state index in [1.165, 1.54) is 0 Å². The molecule has 1 aromatic rings. The Morgan fingerprint density at radius 1 is 1.45 bits per heavy atom. The first-order chi connectivity index (χ1) is 10.5. The molecule has 1 aromatic carbocycles. The number of guanidine groups is 1. The lowest BCUT2D eigenvalue weighted by molar-refractivity contribution is -0.127. The molecule has 1 heterocycles. The van der Waals surface area contributed by atoms with E-state index < -0.39 is 0 Å². The summed E-state index contributed by atoms with van der Waals surface area (Å²) in [5, 5.41) is 3.13. The molecule has 0 saturated carbocycles. The number of hydrogen-bond donors (Lipinski definition) is 2. The molecular weight excluding hydrogens is 276 g/mol. The molecule has 5 heteroatoms. The van der Waals surface area contributed by atoms with Crippen molar-refractivity contribution in [1.29, 1.82) is 0 Å². The van der Waals surface area contributed by atoms with Crippen LogP contribution in [-0.2, 0) is 4.79 Å². The molecule has 0 aliphatic carbocycles. The van der Waals surface area contributed by atoms with Crippen LogP contribution in [0, 0.1) is 5.92 Å². The van der Waals surface area contributed by atoms with Crippen molar-refractivity contribution < 1.29 is 4.79 Å². The van der Waals surface area contributed by atoms with Gasteiger partial charge in [0.2, 0.25) is 5.91 Å². The largest absolute Gasteiger partial charge is 0.370 e. The van der Waals surface area contributed by atoms with E-state index in [-0.39, 0.29) is 17.9 Å². The zero-order valence-corrected chi connectivity index (χ0v) is 13.2. The Bertz CT molecular complexity index is 567. The second kappa shape index (κ2) is 7.11. The van der Waals surface area contributed by atoms with Gasteiger partial charge in [-0.3, -0.25) is 4.79 Å². The number of nitrogens with one attached hydrogen (secondary N) is 1. The Kier molecular flexibility index (Phi) is 5.20. The number of benzene rings is 1. The third-order valence-corrected chi connectivity index (χ3v) is 3.90. The van der Waals surface area contributed by atoms with E-state index in [0.717, 1.165) is 11.1 Å². The molecular formula is C17H24N4O. The third-order valence-electron chi connectivity index (χ3n) is 3.90. The predicted molar refractivity (Wildman–Crippen MR) is 89.4 cm³/mol. The molecule has 0 unspecified atom stereocenters. The SMILES string of the molecule is C=C(C)CN=C(N)NC[C@@H]1CC(=O)N(C)[C@H]1c1ccccc1. The van der Waals surface area contributed by atoms with Gasteiger partial charge < -0.3 is 16.0 Å². The highest BCUT2D eigenvalue weighted by molar-refractivity contribution is 5.80. The first-order valence-corrected chi connectivity index (χ1v) is 7.48. The number of nitrogens with zero attached hydrogens (tertiary/aromatic N) is 2. The molecule has 2 atom stereocenters. The quantitative estimate of drug-likeness (QED) is 0.494. The second-order valence-corrected chi connectivity index (χ2v) is 5.86. The number of aliphatic imine (C=N–C) groups is 1. The van der Waals surface area contributed by atoms with Crippen molar-refractivity contribution in [2.75, 3.05) is 20.1 Å². The molecule has 22 heavy (non-hydrogen) atoms. The van der Waals surface area contributed by atoms with E-state index >= 15 is 0 Å². The summed E-state index contributed by atoms with van der Waals surface area (Å²) in [6.45, 7) is 6.85. The highest BCUT2D eigenvalue weighted by atomic mass is 16.2. The van der Waals surface area contributed by atoms with Gasteiger partial charge in [-0.25, -0.2) is 4.99 Å². The van der Waals surface area contributed by atoms with Crippen LogP contribution in [0.5, 0.6) is 0 Å². The monoisotopic (exact) mass is 300 g/mol. The Hall–Kier alpha value is -2.30. The molecule has 5 nitrogen and oxygen atoms in total. The van der Waals surface area contributed by atoms with Gasteiger partial charge >= 0.3 is 0 Å². The normalized spacial score (nSPS) is 22.0. The molecule has 0 radical (unpaired) electrons. The first kappa shape index (κ1) is 16.1. The lowest BCUT2D eigenvalue weighted by Gasteiger charge is -2.25. The Morgan fingerprint density at radius 3 is 2.77 bits per heavy atom. The molecule has 0 bridgehead atoms. The number of rotatable bonds is 5. The molecule has 1 aliphatic heterocycles. The average molecular weight is 300 g/mol. The van der Waals surface area contributed by atoms with Gasteiger partial charge in [0.05, 0.1) is 12.6 Å².